The lowest BCUT2D eigenvalue weighted by Gasteiger charge is -2.43. The molecule has 13 rings (SSSR count). The number of aromatic hydroxyl groups is 19. The molecule has 7 atom stereocenters. The van der Waals surface area contributed by atoms with Gasteiger partial charge in [0.1, 0.15) is 30.0 Å². The molecular formula is C56H38O31. The van der Waals surface area contributed by atoms with E-state index in [0.29, 0.717) is 18.2 Å². The van der Waals surface area contributed by atoms with Crippen LogP contribution in [-0.2, 0) is 30.1 Å². The number of phenolic OH excluding ortho intramolecular Hbond substituents is 19. The highest BCUT2D eigenvalue weighted by Crippen LogP contribution is 2.64. The van der Waals surface area contributed by atoms with Crippen LogP contribution in [0.3, 0.4) is 0 Å². The van der Waals surface area contributed by atoms with Crippen molar-refractivity contribution < 1.29 is 155 Å². The van der Waals surface area contributed by atoms with E-state index in [2.05, 4.69) is 0 Å². The van der Waals surface area contributed by atoms with E-state index >= 15 is 19.2 Å². The zero-order valence-corrected chi connectivity index (χ0v) is 42.9. The molecule has 20 N–H and O–H groups in total. The fraction of sp³-hybridized carbons (Fsp3) is 0.161. The minimum Gasteiger partial charge on any atom is -0.507 e. The van der Waals surface area contributed by atoms with Crippen molar-refractivity contribution in [1.82, 2.24) is 0 Å². The molecule has 6 aliphatic heterocycles. The van der Waals surface area contributed by atoms with E-state index < -0.39 is 278 Å². The molecule has 7 aromatic carbocycles. The number of phenols is 19. The van der Waals surface area contributed by atoms with Gasteiger partial charge < -0.3 is 131 Å². The van der Waals surface area contributed by atoms with E-state index in [0.717, 1.165) is 18.2 Å². The van der Waals surface area contributed by atoms with Crippen molar-refractivity contribution in [3.05, 3.63) is 92.5 Å². The zero-order chi connectivity index (χ0) is 62.7. The SMILES string of the molecule is O=C1OC[C@@H]2OC(=O)c3cc(O)c(O)c(O)c3-c3c(O)c(O)c(O)c4c3C(=O)O[C@H]([C@H]3OC(=O)c5c-4c(O)c(O)c(O)c5[C@@H]3c3c(O)cc(O)c4c3O[C@H](c3ccc(O)c(O)c3)[C@@H](O)C4)[C@@H]2OC(=O)c2cc(O)c(O)c(O)c2-c2c1cc(O)c(O)c2O. The Morgan fingerprint density at radius 1 is 0.345 bits per heavy atom. The van der Waals surface area contributed by atoms with Gasteiger partial charge >= 0.3 is 29.8 Å². The zero-order valence-electron chi connectivity index (χ0n) is 42.9. The van der Waals surface area contributed by atoms with E-state index in [1.165, 1.54) is 0 Å². The van der Waals surface area contributed by atoms with Gasteiger partial charge in [-0.15, -0.1) is 0 Å². The summed E-state index contributed by atoms with van der Waals surface area (Å²) in [4.78, 5) is 76.2. The van der Waals surface area contributed by atoms with E-state index in [9.17, 15) is 107 Å². The molecule has 0 aliphatic carbocycles. The number of aliphatic hydroxyl groups excluding tert-OH is 1. The third-order valence-electron chi connectivity index (χ3n) is 15.5. The first-order valence-corrected chi connectivity index (χ1v) is 25.0. The second kappa shape index (κ2) is 18.9. The van der Waals surface area contributed by atoms with Crippen LogP contribution in [0.15, 0.2) is 42.5 Å². The van der Waals surface area contributed by atoms with Crippen molar-refractivity contribution in [3.8, 4) is 148 Å². The van der Waals surface area contributed by atoms with Gasteiger partial charge in [-0.25, -0.2) is 24.0 Å². The number of ether oxygens (including phenoxy) is 6. The maximum absolute atomic E-state index is 15.9. The van der Waals surface area contributed by atoms with Gasteiger partial charge in [0.05, 0.1) is 39.8 Å². The first kappa shape index (κ1) is 55.4. The molecule has 0 unspecified atom stereocenters. The maximum atomic E-state index is 15.9. The minimum atomic E-state index is -3.01. The Balaban J connectivity index is 1.24. The Labute approximate surface area is 479 Å². The molecular weight excluding hydrogens is 1170 g/mol. The fourth-order valence-electron chi connectivity index (χ4n) is 11.6. The lowest BCUT2D eigenvalue weighted by Crippen LogP contribution is -2.56. The van der Waals surface area contributed by atoms with Gasteiger partial charge in [-0.1, -0.05) is 6.07 Å². The summed E-state index contributed by atoms with van der Waals surface area (Å²) in [5.74, 6) is -40.6. The van der Waals surface area contributed by atoms with Crippen molar-refractivity contribution in [3.63, 3.8) is 0 Å². The topological polar surface area (TPSA) is 545 Å². The van der Waals surface area contributed by atoms with E-state index in [-0.39, 0.29) is 11.6 Å². The van der Waals surface area contributed by atoms with Crippen LogP contribution in [0.4, 0.5) is 0 Å². The predicted octanol–water partition coefficient (Wildman–Crippen LogP) is 3.28. The Bertz CT molecular complexity index is 4350. The van der Waals surface area contributed by atoms with Crippen molar-refractivity contribution in [2.45, 2.75) is 49.0 Å². The number of hydrogen-bond donors (Lipinski definition) is 20. The second-order valence-electron chi connectivity index (χ2n) is 20.3. The summed E-state index contributed by atoms with van der Waals surface area (Å²) in [6.07, 6.45) is -15.7. The monoisotopic (exact) mass is 1210 g/mol. The average Bonchev–Trinajstić information content (AvgIpc) is 1.29. The van der Waals surface area contributed by atoms with Gasteiger partial charge in [-0.3, -0.25) is 0 Å². The first-order chi connectivity index (χ1) is 41.0. The molecule has 6 aliphatic rings. The number of benzene rings is 7. The summed E-state index contributed by atoms with van der Waals surface area (Å²) in [5.41, 5.74) is -17.4. The van der Waals surface area contributed by atoms with Crippen LogP contribution in [0.5, 0.6) is 115 Å². The van der Waals surface area contributed by atoms with Gasteiger partial charge in [0.2, 0.25) is 28.7 Å². The Morgan fingerprint density at radius 3 is 1.37 bits per heavy atom. The van der Waals surface area contributed by atoms with Gasteiger partial charge in [0.15, 0.2) is 93.4 Å². The standard InChI is InChI=1S/C56H38O31/c57-15-2-1-10(3-17(15)59)47-22(64)4-11-16(58)8-18(60)27(48(11)84-47)32-31-34-30(43(73)46(76)44(31)74)29-33-28(41(71)45(75)42(29)72)26-14(7-21(63)37(67)40(26)70)53(78)83-23-9-82-52(77)12-5-19(61)35(65)38(68)24(12)25-13(6-20(62)36(66)39(25)69)54(79)85-49(23)51(87-56(33)81)50(32)86-55(34)80/h1-3,5-8,22-23,32,47,49-51,57-76H,4,9H2/t22-,23-,32-,47+,49+,50-,51-/m0/s1. The lowest BCUT2D eigenvalue weighted by atomic mass is 9.73. The number of fused-ring (bicyclic) bond motifs is 8. The summed E-state index contributed by atoms with van der Waals surface area (Å²) in [6, 6.07) is 4.59. The molecule has 0 spiro atoms. The smallest absolute Gasteiger partial charge is 0.340 e. The minimum absolute atomic E-state index is 0.140. The van der Waals surface area contributed by atoms with Gasteiger partial charge in [-0.05, 0) is 35.9 Å². The molecule has 0 fully saturated rings. The van der Waals surface area contributed by atoms with Crippen LogP contribution >= 0.6 is 0 Å². The summed E-state index contributed by atoms with van der Waals surface area (Å²) in [5, 5.41) is 228. The second-order valence-corrected chi connectivity index (χ2v) is 20.3. The summed E-state index contributed by atoms with van der Waals surface area (Å²) < 4.78 is 35.9. The van der Waals surface area contributed by atoms with E-state index in [1.54, 1.807) is 0 Å². The molecule has 7 aromatic rings. The molecule has 0 radical (unpaired) electrons. The van der Waals surface area contributed by atoms with Crippen molar-refractivity contribution in [2.75, 3.05) is 6.61 Å². The van der Waals surface area contributed by atoms with Gasteiger partial charge in [0.25, 0.3) is 0 Å². The molecule has 448 valence electrons. The molecule has 6 heterocycles. The van der Waals surface area contributed by atoms with E-state index in [4.69, 9.17) is 28.4 Å². The van der Waals surface area contributed by atoms with Crippen LogP contribution in [0, 0.1) is 0 Å². The maximum Gasteiger partial charge on any atom is 0.340 e. The molecule has 0 amide bonds. The molecule has 31 nitrogen and oxygen atoms in total. The fourth-order valence-corrected chi connectivity index (χ4v) is 11.6. The van der Waals surface area contributed by atoms with Gasteiger partial charge in [-0.2, -0.15) is 0 Å². The molecule has 6 bridgehead atoms. The third-order valence-corrected chi connectivity index (χ3v) is 15.5. The predicted molar refractivity (Wildman–Crippen MR) is 276 cm³/mol. The highest BCUT2D eigenvalue weighted by molar-refractivity contribution is 6.17. The highest BCUT2D eigenvalue weighted by atomic mass is 16.6. The van der Waals surface area contributed by atoms with Crippen LogP contribution < -0.4 is 4.74 Å². The Hall–Kier alpha value is -12.2. The Morgan fingerprint density at radius 2 is 0.805 bits per heavy atom. The summed E-state index contributed by atoms with van der Waals surface area (Å²) in [6.45, 7) is -1.64. The van der Waals surface area contributed by atoms with Crippen LogP contribution in [0.2, 0.25) is 0 Å². The van der Waals surface area contributed by atoms with Crippen molar-refractivity contribution >= 4 is 29.8 Å². The normalized spacial score (nSPS) is 20.9. The van der Waals surface area contributed by atoms with E-state index in [1.807, 2.05) is 0 Å². The van der Waals surface area contributed by atoms with Crippen molar-refractivity contribution in [2.24, 2.45) is 0 Å². The average molecular weight is 1210 g/mol. The quantitative estimate of drug-likeness (QED) is 0.0671. The molecule has 0 aromatic heterocycles. The first-order valence-electron chi connectivity index (χ1n) is 25.0. The summed E-state index contributed by atoms with van der Waals surface area (Å²) in [7, 11) is 0. The number of carbonyl (C=O) groups excluding carboxylic acids is 5. The number of hydrogen-bond acceptors (Lipinski definition) is 31. The number of cyclic esters (lactones) is 1. The van der Waals surface area contributed by atoms with Crippen molar-refractivity contribution in [1.29, 1.82) is 0 Å². The molecule has 31 heteroatoms. The molecule has 0 saturated carbocycles. The largest absolute Gasteiger partial charge is 0.507 e. The van der Waals surface area contributed by atoms with Crippen LogP contribution in [0.25, 0.3) is 33.4 Å². The third kappa shape index (κ3) is 7.75. The molecule has 87 heavy (non-hydrogen) atoms. The number of aliphatic hydroxyl groups is 1. The van der Waals surface area contributed by atoms with Crippen LogP contribution in [0.1, 0.15) is 86.1 Å². The Kier molecular flexibility index (Phi) is 12.1. The summed E-state index contributed by atoms with van der Waals surface area (Å²) >= 11 is 0. The van der Waals surface area contributed by atoms with Gasteiger partial charge in [0, 0.05) is 62.6 Å². The molecule has 0 saturated heterocycles. The lowest BCUT2D eigenvalue weighted by molar-refractivity contribution is -0.135. The number of esters is 5. The van der Waals surface area contributed by atoms with Crippen LogP contribution in [-0.4, -0.2) is 169 Å². The number of carbonyl (C=O) groups is 5. The number of rotatable bonds is 2. The highest BCUT2D eigenvalue weighted by Gasteiger charge is 2.58.